The summed E-state index contributed by atoms with van der Waals surface area (Å²) in [6, 6.07) is 15.9. The van der Waals surface area contributed by atoms with Crippen molar-refractivity contribution in [2.24, 2.45) is 0 Å². The molecule has 0 heterocycles. The average molecular weight is 362 g/mol. The number of para-hydroxylation sites is 1. The van der Waals surface area contributed by atoms with Crippen LogP contribution in [0.3, 0.4) is 0 Å². The van der Waals surface area contributed by atoms with E-state index in [4.69, 9.17) is 4.74 Å². The molecule has 25 heavy (non-hydrogen) atoms. The van der Waals surface area contributed by atoms with Gasteiger partial charge in [-0.2, -0.15) is 0 Å². The fourth-order valence-electron chi connectivity index (χ4n) is 2.16. The summed E-state index contributed by atoms with van der Waals surface area (Å²) in [6.07, 6.45) is 1.87. The number of benzene rings is 2. The molecule has 0 aliphatic heterocycles. The molecule has 0 aromatic heterocycles. The van der Waals surface area contributed by atoms with Gasteiger partial charge in [-0.15, -0.1) is 0 Å². The SMILES string of the molecule is CCCNC(=O)CN(c1ccc(Oc2ccccc2)cc1)S(C)(=O)=O. The van der Waals surface area contributed by atoms with Crippen LogP contribution in [-0.4, -0.2) is 33.7 Å². The van der Waals surface area contributed by atoms with Gasteiger partial charge < -0.3 is 10.1 Å². The molecule has 0 unspecified atom stereocenters. The van der Waals surface area contributed by atoms with Crippen LogP contribution in [0.4, 0.5) is 5.69 Å². The van der Waals surface area contributed by atoms with E-state index in [0.29, 0.717) is 23.7 Å². The molecule has 0 saturated heterocycles. The van der Waals surface area contributed by atoms with Crippen LogP contribution in [0.1, 0.15) is 13.3 Å². The van der Waals surface area contributed by atoms with Gasteiger partial charge in [0.15, 0.2) is 0 Å². The predicted octanol–water partition coefficient (Wildman–Crippen LogP) is 2.77. The highest BCUT2D eigenvalue weighted by molar-refractivity contribution is 7.92. The Labute approximate surface area is 148 Å². The molecule has 0 saturated carbocycles. The topological polar surface area (TPSA) is 75.7 Å². The van der Waals surface area contributed by atoms with E-state index < -0.39 is 10.0 Å². The molecule has 2 aromatic rings. The first kappa shape index (κ1) is 18.8. The molecule has 6 nitrogen and oxygen atoms in total. The van der Waals surface area contributed by atoms with E-state index in [2.05, 4.69) is 5.32 Å². The van der Waals surface area contributed by atoms with E-state index in [9.17, 15) is 13.2 Å². The molecular formula is C18H22N2O4S. The highest BCUT2D eigenvalue weighted by Gasteiger charge is 2.20. The second-order valence-electron chi connectivity index (χ2n) is 5.53. The maximum atomic E-state index is 12.0. The van der Waals surface area contributed by atoms with E-state index in [1.807, 2.05) is 37.3 Å². The monoisotopic (exact) mass is 362 g/mol. The Kier molecular flexibility index (Phi) is 6.41. The number of carbonyl (C=O) groups is 1. The Hall–Kier alpha value is -2.54. The van der Waals surface area contributed by atoms with Gasteiger partial charge in [-0.25, -0.2) is 8.42 Å². The van der Waals surface area contributed by atoms with Crippen molar-refractivity contribution in [2.45, 2.75) is 13.3 Å². The van der Waals surface area contributed by atoms with Gasteiger partial charge in [-0.1, -0.05) is 25.1 Å². The number of rotatable bonds is 8. The van der Waals surface area contributed by atoms with Crippen molar-refractivity contribution in [3.63, 3.8) is 0 Å². The van der Waals surface area contributed by atoms with Crippen molar-refractivity contribution >= 4 is 21.6 Å². The number of hydrogen-bond donors (Lipinski definition) is 1. The molecule has 0 fully saturated rings. The van der Waals surface area contributed by atoms with Gasteiger partial charge in [0.2, 0.25) is 15.9 Å². The van der Waals surface area contributed by atoms with Crippen molar-refractivity contribution in [2.75, 3.05) is 23.7 Å². The first-order chi connectivity index (χ1) is 11.9. The zero-order chi connectivity index (χ0) is 18.3. The maximum absolute atomic E-state index is 12.0. The second-order valence-corrected chi connectivity index (χ2v) is 7.44. The third kappa shape index (κ3) is 5.79. The molecule has 7 heteroatoms. The summed E-state index contributed by atoms with van der Waals surface area (Å²) in [6.45, 7) is 2.19. The standard InChI is InChI=1S/C18H22N2O4S/c1-3-13-19-18(21)14-20(25(2,22)23)15-9-11-17(12-10-15)24-16-7-5-4-6-8-16/h4-12H,3,13-14H2,1-2H3,(H,19,21). The Balaban J connectivity index is 2.14. The van der Waals surface area contributed by atoms with Crippen LogP contribution < -0.4 is 14.4 Å². The smallest absolute Gasteiger partial charge is 0.240 e. The number of nitrogens with one attached hydrogen (secondary N) is 1. The first-order valence-corrected chi connectivity index (χ1v) is 9.82. The zero-order valence-electron chi connectivity index (χ0n) is 14.3. The number of sulfonamides is 1. The van der Waals surface area contributed by atoms with Crippen molar-refractivity contribution in [1.82, 2.24) is 5.32 Å². The lowest BCUT2D eigenvalue weighted by Crippen LogP contribution is -2.40. The summed E-state index contributed by atoms with van der Waals surface area (Å²) in [7, 11) is -3.58. The third-order valence-corrected chi connectivity index (χ3v) is 4.50. The summed E-state index contributed by atoms with van der Waals surface area (Å²) in [5.74, 6) is 0.935. The zero-order valence-corrected chi connectivity index (χ0v) is 15.1. The van der Waals surface area contributed by atoms with Crippen molar-refractivity contribution in [3.05, 3.63) is 54.6 Å². The molecule has 0 aliphatic carbocycles. The molecule has 0 aliphatic rings. The van der Waals surface area contributed by atoms with Gasteiger partial charge in [-0.3, -0.25) is 9.10 Å². The van der Waals surface area contributed by atoms with Gasteiger partial charge in [0.25, 0.3) is 0 Å². The van der Waals surface area contributed by atoms with Gasteiger partial charge in [0.1, 0.15) is 18.0 Å². The summed E-state index contributed by atoms with van der Waals surface area (Å²) in [5.41, 5.74) is 0.412. The van der Waals surface area contributed by atoms with Crippen LogP contribution in [-0.2, 0) is 14.8 Å². The van der Waals surface area contributed by atoms with E-state index in [0.717, 1.165) is 17.0 Å². The number of ether oxygens (including phenoxy) is 1. The Bertz CT molecular complexity index is 790. The molecule has 2 rings (SSSR count). The lowest BCUT2D eigenvalue weighted by atomic mass is 10.3. The number of amides is 1. The van der Waals surface area contributed by atoms with Crippen LogP contribution >= 0.6 is 0 Å². The number of anilines is 1. The van der Waals surface area contributed by atoms with Crippen LogP contribution in [0.15, 0.2) is 54.6 Å². The molecule has 0 spiro atoms. The van der Waals surface area contributed by atoms with Crippen molar-refractivity contribution in [1.29, 1.82) is 0 Å². The van der Waals surface area contributed by atoms with Crippen molar-refractivity contribution in [3.8, 4) is 11.5 Å². The van der Waals surface area contributed by atoms with Gasteiger partial charge in [0, 0.05) is 6.54 Å². The number of carbonyl (C=O) groups excluding carboxylic acids is 1. The molecule has 0 radical (unpaired) electrons. The molecule has 1 N–H and O–H groups in total. The maximum Gasteiger partial charge on any atom is 0.240 e. The first-order valence-electron chi connectivity index (χ1n) is 7.97. The lowest BCUT2D eigenvalue weighted by molar-refractivity contribution is -0.119. The van der Waals surface area contributed by atoms with Crippen molar-refractivity contribution < 1.29 is 17.9 Å². The van der Waals surface area contributed by atoms with Crippen LogP contribution in [0, 0.1) is 0 Å². The molecule has 2 aromatic carbocycles. The van der Waals surface area contributed by atoms with Crippen LogP contribution in [0.2, 0.25) is 0 Å². The minimum atomic E-state index is -3.58. The van der Waals surface area contributed by atoms with E-state index in [1.165, 1.54) is 0 Å². The molecule has 1 amide bonds. The normalized spacial score (nSPS) is 11.0. The van der Waals surface area contributed by atoms with Gasteiger partial charge in [-0.05, 0) is 42.8 Å². The number of hydrogen-bond acceptors (Lipinski definition) is 4. The highest BCUT2D eigenvalue weighted by Crippen LogP contribution is 2.25. The molecule has 0 bridgehead atoms. The van der Waals surface area contributed by atoms with E-state index in [-0.39, 0.29) is 12.5 Å². The summed E-state index contributed by atoms with van der Waals surface area (Å²) in [4.78, 5) is 11.9. The van der Waals surface area contributed by atoms with Gasteiger partial charge in [0.05, 0.1) is 11.9 Å². The number of nitrogens with zero attached hydrogens (tertiary/aromatic N) is 1. The lowest BCUT2D eigenvalue weighted by Gasteiger charge is -2.22. The second kappa shape index (κ2) is 8.53. The minimum Gasteiger partial charge on any atom is -0.457 e. The molecule has 134 valence electrons. The van der Waals surface area contributed by atoms with E-state index in [1.54, 1.807) is 24.3 Å². The fourth-order valence-corrected chi connectivity index (χ4v) is 3.01. The molecule has 0 atom stereocenters. The minimum absolute atomic E-state index is 0.252. The Morgan fingerprint density at radius 3 is 2.20 bits per heavy atom. The fraction of sp³-hybridized carbons (Fsp3) is 0.278. The summed E-state index contributed by atoms with van der Waals surface area (Å²) in [5, 5.41) is 2.68. The molecular weight excluding hydrogens is 340 g/mol. The third-order valence-electron chi connectivity index (χ3n) is 3.36. The quantitative estimate of drug-likeness (QED) is 0.783. The Morgan fingerprint density at radius 1 is 1.04 bits per heavy atom. The van der Waals surface area contributed by atoms with Gasteiger partial charge >= 0.3 is 0 Å². The van der Waals surface area contributed by atoms with E-state index >= 15 is 0 Å². The predicted molar refractivity (Wildman–Crippen MR) is 98.4 cm³/mol. The summed E-state index contributed by atoms with van der Waals surface area (Å²) < 4.78 is 30.8. The highest BCUT2D eigenvalue weighted by atomic mass is 32.2. The average Bonchev–Trinajstić information content (AvgIpc) is 2.59. The van der Waals surface area contributed by atoms with Crippen LogP contribution in [0.5, 0.6) is 11.5 Å². The largest absolute Gasteiger partial charge is 0.457 e. The Morgan fingerprint density at radius 2 is 1.64 bits per heavy atom. The van der Waals surface area contributed by atoms with Crippen LogP contribution in [0.25, 0.3) is 0 Å². The summed E-state index contributed by atoms with van der Waals surface area (Å²) >= 11 is 0.